The van der Waals surface area contributed by atoms with Crippen molar-refractivity contribution in [1.29, 1.82) is 0 Å². The van der Waals surface area contributed by atoms with E-state index in [0.717, 1.165) is 16.3 Å². The van der Waals surface area contributed by atoms with Gasteiger partial charge in [-0.25, -0.2) is 9.59 Å². The molecule has 0 saturated heterocycles. The van der Waals surface area contributed by atoms with Crippen LogP contribution in [0, 0.1) is 20.8 Å². The Hall–Kier alpha value is -1.62. The van der Waals surface area contributed by atoms with Gasteiger partial charge in [0.25, 0.3) is 0 Å². The van der Waals surface area contributed by atoms with Crippen LogP contribution in [0.4, 0.5) is 0 Å². The van der Waals surface area contributed by atoms with E-state index in [-0.39, 0.29) is 5.56 Å². The molecule has 0 aromatic heterocycles. The molecule has 0 atom stereocenters. The molecule has 0 bridgehead atoms. The maximum absolute atomic E-state index is 11.7. The van der Waals surface area contributed by atoms with Crippen LogP contribution in [0.3, 0.4) is 0 Å². The molecule has 0 spiro atoms. The summed E-state index contributed by atoms with van der Waals surface area (Å²) in [5.41, 5.74) is 2.81. The zero-order valence-corrected chi connectivity index (χ0v) is 12.7. The van der Waals surface area contributed by atoms with Crippen LogP contribution in [0.1, 0.15) is 37.4 Å². The lowest BCUT2D eigenvalue weighted by atomic mass is 9.93. The van der Waals surface area contributed by atoms with Crippen molar-refractivity contribution in [3.05, 3.63) is 27.8 Å². The molecule has 1 aromatic carbocycles. The fourth-order valence-corrected chi connectivity index (χ4v) is 3.04. The molecule has 1 aromatic rings. The minimum absolute atomic E-state index is 0.250. The summed E-state index contributed by atoms with van der Waals surface area (Å²) in [5.74, 6) is -1.46. The zero-order chi connectivity index (χ0) is 13.3. The number of carboxylic acid groups (broad SMARTS) is 1. The van der Waals surface area contributed by atoms with Crippen LogP contribution in [0.15, 0.2) is 0 Å². The van der Waals surface area contributed by atoms with E-state index in [1.54, 1.807) is 6.92 Å². The van der Waals surface area contributed by atoms with E-state index in [0.29, 0.717) is 21.4 Å². The molecule has 17 heavy (non-hydrogen) atoms. The first-order valence-electron chi connectivity index (χ1n) is 5.24. The smallest absolute Gasteiger partial charge is 0.338 e. The second-order valence-corrected chi connectivity index (χ2v) is 5.05. The third-order valence-electron chi connectivity index (χ3n) is 3.23. The van der Waals surface area contributed by atoms with Gasteiger partial charge in [-0.1, -0.05) is 5.19 Å². The molecule has 4 nitrogen and oxygen atoms in total. The number of benzene rings is 1. The average molecular weight is 252 g/mol. The number of carboxylic acids is 1. The summed E-state index contributed by atoms with van der Waals surface area (Å²) in [7, 11) is 1.93. The Bertz CT molecular complexity index is 506. The van der Waals surface area contributed by atoms with Crippen LogP contribution < -0.4 is 5.19 Å². The molecule has 0 saturated carbocycles. The predicted molar refractivity (Wildman–Crippen MR) is 68.5 cm³/mol. The Balaban J connectivity index is 3.74. The average Bonchev–Trinajstić information content (AvgIpc) is 2.25. The lowest BCUT2D eigenvalue weighted by Gasteiger charge is -2.16. The van der Waals surface area contributed by atoms with E-state index in [4.69, 9.17) is 4.74 Å². The minimum Gasteiger partial charge on any atom is -0.478 e. The second-order valence-electron chi connectivity index (χ2n) is 4.05. The number of aromatic carboxylic acids is 1. The summed E-state index contributed by atoms with van der Waals surface area (Å²) >= 11 is 0. The summed E-state index contributed by atoms with van der Waals surface area (Å²) < 4.78 is 4.71. The maximum atomic E-state index is 11.7. The zero-order valence-electron chi connectivity index (χ0n) is 10.7. The molecule has 1 N–H and O–H groups in total. The highest BCUT2D eigenvalue weighted by Crippen LogP contribution is 2.21. The maximum Gasteiger partial charge on any atom is 0.338 e. The van der Waals surface area contributed by atoms with Crippen molar-refractivity contribution >= 4 is 27.4 Å². The molecule has 5 heteroatoms. The van der Waals surface area contributed by atoms with E-state index in [1.807, 2.05) is 13.8 Å². The Morgan fingerprint density at radius 3 is 2.00 bits per heavy atom. The number of methoxy groups -OCH3 is 1. The summed E-state index contributed by atoms with van der Waals surface area (Å²) in [6, 6.07) is 0. The van der Waals surface area contributed by atoms with Crippen LogP contribution >= 0.6 is 0 Å². The van der Waals surface area contributed by atoms with Gasteiger partial charge in [-0.3, -0.25) is 0 Å². The Labute approximate surface area is 103 Å². The van der Waals surface area contributed by atoms with Crippen LogP contribution in [0.2, 0.25) is 0 Å². The normalized spacial score (nSPS) is 10.4. The molecule has 0 radical (unpaired) electrons. The Morgan fingerprint density at radius 2 is 1.59 bits per heavy atom. The quantitative estimate of drug-likeness (QED) is 0.598. The summed E-state index contributed by atoms with van der Waals surface area (Å²) in [5, 5.41) is 10.0. The molecular weight excluding hydrogens is 236 g/mol. The van der Waals surface area contributed by atoms with Gasteiger partial charge in [0.2, 0.25) is 0 Å². The van der Waals surface area contributed by atoms with Crippen molar-refractivity contribution in [2.45, 2.75) is 20.8 Å². The number of esters is 1. The van der Waals surface area contributed by atoms with Crippen molar-refractivity contribution in [1.82, 2.24) is 0 Å². The number of carbonyl (C=O) groups excluding carboxylic acids is 1. The van der Waals surface area contributed by atoms with E-state index in [9.17, 15) is 14.7 Å². The number of hydrogen-bond acceptors (Lipinski definition) is 3. The summed E-state index contributed by atoms with van der Waals surface area (Å²) in [4.78, 5) is 22.9. The molecule has 0 aliphatic heterocycles. The van der Waals surface area contributed by atoms with Crippen LogP contribution in [0.5, 0.6) is 0 Å². The van der Waals surface area contributed by atoms with E-state index < -0.39 is 11.9 Å². The standard InChI is InChI=1S/C12H16O4Si/c1-5-6(2)10(17)9(11(13)14)7(3)8(5)12(15)16-4/h1-4,17H3,(H,13,14). The molecule has 1 rings (SSSR count). The van der Waals surface area contributed by atoms with Gasteiger partial charge in [0, 0.05) is 10.2 Å². The van der Waals surface area contributed by atoms with Crippen molar-refractivity contribution in [3.8, 4) is 0 Å². The van der Waals surface area contributed by atoms with Crippen LogP contribution in [0.25, 0.3) is 0 Å². The largest absolute Gasteiger partial charge is 0.478 e. The molecule has 0 aliphatic carbocycles. The number of rotatable bonds is 2. The van der Waals surface area contributed by atoms with Crippen molar-refractivity contribution < 1.29 is 19.4 Å². The lowest BCUT2D eigenvalue weighted by Crippen LogP contribution is -2.25. The highest BCUT2D eigenvalue weighted by molar-refractivity contribution is 6.37. The summed E-state index contributed by atoms with van der Waals surface area (Å²) in [6.07, 6.45) is 0. The minimum atomic E-state index is -0.985. The monoisotopic (exact) mass is 252 g/mol. The topological polar surface area (TPSA) is 63.6 Å². The van der Waals surface area contributed by atoms with Crippen LogP contribution in [-0.2, 0) is 4.74 Å². The first-order valence-corrected chi connectivity index (χ1v) is 6.24. The molecule has 0 unspecified atom stereocenters. The van der Waals surface area contributed by atoms with Gasteiger partial charge in [0.1, 0.15) is 0 Å². The Kier molecular flexibility index (Phi) is 3.72. The van der Waals surface area contributed by atoms with Gasteiger partial charge in [0.15, 0.2) is 0 Å². The van der Waals surface area contributed by atoms with Crippen molar-refractivity contribution in [2.75, 3.05) is 7.11 Å². The van der Waals surface area contributed by atoms with Crippen LogP contribution in [-0.4, -0.2) is 34.4 Å². The van der Waals surface area contributed by atoms with E-state index in [2.05, 4.69) is 0 Å². The first kappa shape index (κ1) is 13.4. The fourth-order valence-electron chi connectivity index (χ4n) is 2.07. The number of carbonyl (C=O) groups is 2. The van der Waals surface area contributed by atoms with Crippen molar-refractivity contribution in [3.63, 3.8) is 0 Å². The molecule has 0 heterocycles. The molecular formula is C12H16O4Si. The summed E-state index contributed by atoms with van der Waals surface area (Å²) in [6.45, 7) is 5.32. The van der Waals surface area contributed by atoms with E-state index in [1.165, 1.54) is 7.11 Å². The first-order chi connectivity index (χ1) is 7.82. The Morgan fingerprint density at radius 1 is 1.06 bits per heavy atom. The third-order valence-corrected chi connectivity index (χ3v) is 4.48. The van der Waals surface area contributed by atoms with Gasteiger partial charge >= 0.3 is 11.9 Å². The van der Waals surface area contributed by atoms with E-state index >= 15 is 0 Å². The molecule has 0 amide bonds. The lowest BCUT2D eigenvalue weighted by molar-refractivity contribution is 0.0599. The van der Waals surface area contributed by atoms with Gasteiger partial charge in [-0.2, -0.15) is 0 Å². The van der Waals surface area contributed by atoms with Gasteiger partial charge < -0.3 is 9.84 Å². The second kappa shape index (κ2) is 4.71. The molecule has 0 aliphatic rings. The van der Waals surface area contributed by atoms with Gasteiger partial charge in [0.05, 0.1) is 18.2 Å². The van der Waals surface area contributed by atoms with Crippen molar-refractivity contribution in [2.24, 2.45) is 0 Å². The highest BCUT2D eigenvalue weighted by Gasteiger charge is 2.23. The fraction of sp³-hybridized carbons (Fsp3) is 0.333. The number of ether oxygens (including phenoxy) is 1. The third kappa shape index (κ3) is 2.10. The predicted octanol–water partition coefficient (Wildman–Crippen LogP) is 0.0874. The van der Waals surface area contributed by atoms with Gasteiger partial charge in [-0.05, 0) is 37.5 Å². The number of hydrogen-bond donors (Lipinski definition) is 1. The highest BCUT2D eigenvalue weighted by atomic mass is 28.1. The molecule has 92 valence electrons. The van der Waals surface area contributed by atoms with Gasteiger partial charge in [-0.15, -0.1) is 0 Å². The SMILES string of the molecule is COC(=O)c1c(C)c(C)c([SiH3])c(C(=O)O)c1C. The molecule has 0 fully saturated rings.